The predicted molar refractivity (Wildman–Crippen MR) is 108 cm³/mol. The van der Waals surface area contributed by atoms with Gasteiger partial charge in [-0.25, -0.2) is 4.68 Å². The lowest BCUT2D eigenvalue weighted by Crippen LogP contribution is -2.37. The summed E-state index contributed by atoms with van der Waals surface area (Å²) in [5.41, 5.74) is 1.55. The fraction of sp³-hybridized carbons (Fsp3) is 0.421. The summed E-state index contributed by atoms with van der Waals surface area (Å²) in [4.78, 5) is 42.9. The fourth-order valence-corrected chi connectivity index (χ4v) is 3.62. The smallest absolute Gasteiger partial charge is 0.262 e. The topological polar surface area (TPSA) is 109 Å². The first-order valence-electron chi connectivity index (χ1n) is 9.32. The Morgan fingerprint density at radius 2 is 1.90 bits per heavy atom. The van der Waals surface area contributed by atoms with Gasteiger partial charge in [-0.15, -0.1) is 12.4 Å². The predicted octanol–water partition coefficient (Wildman–Crippen LogP) is 1.25. The SMILES string of the molecule is Cc1ccc2c(c1)C(=O)N(CC(=O)Nc1nc(C3CCNCC3)nn1C)C2=O.Cl. The van der Waals surface area contributed by atoms with Gasteiger partial charge in [-0.05, 0) is 45.0 Å². The molecule has 0 aliphatic carbocycles. The summed E-state index contributed by atoms with van der Waals surface area (Å²) in [5, 5.41) is 10.4. The molecule has 2 aromatic rings. The third-order valence-corrected chi connectivity index (χ3v) is 5.16. The van der Waals surface area contributed by atoms with E-state index in [1.54, 1.807) is 25.2 Å². The van der Waals surface area contributed by atoms with Gasteiger partial charge in [-0.3, -0.25) is 24.6 Å². The van der Waals surface area contributed by atoms with Crippen LogP contribution in [-0.4, -0.2) is 57.0 Å². The summed E-state index contributed by atoms with van der Waals surface area (Å²) in [6, 6.07) is 5.06. The molecule has 4 rings (SSSR count). The molecule has 0 atom stereocenters. The number of piperidine rings is 1. The van der Waals surface area contributed by atoms with Crippen molar-refractivity contribution in [2.75, 3.05) is 25.0 Å². The number of halogens is 1. The fourth-order valence-electron chi connectivity index (χ4n) is 3.62. The molecule has 1 saturated heterocycles. The number of hydrogen-bond donors (Lipinski definition) is 2. The third kappa shape index (κ3) is 4.01. The minimum Gasteiger partial charge on any atom is -0.317 e. The summed E-state index contributed by atoms with van der Waals surface area (Å²) in [6.07, 6.45) is 1.90. The van der Waals surface area contributed by atoms with E-state index < -0.39 is 17.7 Å². The van der Waals surface area contributed by atoms with Crippen molar-refractivity contribution in [2.24, 2.45) is 7.05 Å². The molecule has 0 bridgehead atoms. The van der Waals surface area contributed by atoms with Gasteiger partial charge in [0, 0.05) is 13.0 Å². The lowest BCUT2D eigenvalue weighted by molar-refractivity contribution is -0.116. The van der Waals surface area contributed by atoms with Gasteiger partial charge in [-0.2, -0.15) is 10.1 Å². The van der Waals surface area contributed by atoms with Crippen molar-refractivity contribution < 1.29 is 14.4 Å². The first-order chi connectivity index (χ1) is 13.4. The molecule has 10 heteroatoms. The van der Waals surface area contributed by atoms with Crippen LogP contribution in [0.15, 0.2) is 18.2 Å². The van der Waals surface area contributed by atoms with Crippen LogP contribution in [-0.2, 0) is 11.8 Å². The number of rotatable bonds is 4. The number of amides is 3. The van der Waals surface area contributed by atoms with Crippen LogP contribution < -0.4 is 10.6 Å². The molecule has 1 aromatic carbocycles. The van der Waals surface area contributed by atoms with E-state index in [2.05, 4.69) is 20.7 Å². The van der Waals surface area contributed by atoms with Crippen molar-refractivity contribution >= 4 is 36.1 Å². The molecule has 2 aliphatic rings. The van der Waals surface area contributed by atoms with E-state index in [4.69, 9.17) is 0 Å². The molecule has 2 N–H and O–H groups in total. The highest BCUT2D eigenvalue weighted by atomic mass is 35.5. The second-order valence-corrected chi connectivity index (χ2v) is 7.24. The molecule has 3 heterocycles. The molecule has 0 spiro atoms. The van der Waals surface area contributed by atoms with Crippen LogP contribution in [0.2, 0.25) is 0 Å². The van der Waals surface area contributed by atoms with Crippen molar-refractivity contribution in [3.63, 3.8) is 0 Å². The molecule has 3 amide bonds. The number of aromatic nitrogens is 3. The van der Waals surface area contributed by atoms with E-state index >= 15 is 0 Å². The minimum absolute atomic E-state index is 0. The van der Waals surface area contributed by atoms with Crippen molar-refractivity contribution in [3.05, 3.63) is 40.7 Å². The summed E-state index contributed by atoms with van der Waals surface area (Å²) in [6.45, 7) is 3.33. The van der Waals surface area contributed by atoms with E-state index in [1.807, 2.05) is 6.92 Å². The van der Waals surface area contributed by atoms with E-state index in [0.717, 1.165) is 36.4 Å². The van der Waals surface area contributed by atoms with E-state index in [0.29, 0.717) is 22.9 Å². The van der Waals surface area contributed by atoms with Crippen LogP contribution in [0.5, 0.6) is 0 Å². The maximum absolute atomic E-state index is 12.5. The Morgan fingerprint density at radius 1 is 1.21 bits per heavy atom. The Balaban J connectivity index is 0.00000240. The summed E-state index contributed by atoms with van der Waals surface area (Å²) in [5.74, 6) is -0.117. The number of nitrogens with one attached hydrogen (secondary N) is 2. The Hall–Kier alpha value is -2.78. The zero-order chi connectivity index (χ0) is 19.8. The van der Waals surface area contributed by atoms with E-state index in [1.165, 1.54) is 4.68 Å². The van der Waals surface area contributed by atoms with Crippen LogP contribution in [0, 0.1) is 6.92 Å². The third-order valence-electron chi connectivity index (χ3n) is 5.16. The van der Waals surface area contributed by atoms with Crippen molar-refractivity contribution in [2.45, 2.75) is 25.7 Å². The maximum atomic E-state index is 12.5. The van der Waals surface area contributed by atoms with Gasteiger partial charge in [0.15, 0.2) is 5.82 Å². The van der Waals surface area contributed by atoms with E-state index in [-0.39, 0.29) is 24.9 Å². The first-order valence-corrected chi connectivity index (χ1v) is 9.32. The Morgan fingerprint density at radius 3 is 2.62 bits per heavy atom. The van der Waals surface area contributed by atoms with Crippen molar-refractivity contribution in [3.8, 4) is 0 Å². The maximum Gasteiger partial charge on any atom is 0.262 e. The summed E-state index contributed by atoms with van der Waals surface area (Å²) >= 11 is 0. The zero-order valence-corrected chi connectivity index (χ0v) is 17.1. The van der Waals surface area contributed by atoms with Crippen LogP contribution in [0.4, 0.5) is 5.95 Å². The molecule has 0 unspecified atom stereocenters. The summed E-state index contributed by atoms with van der Waals surface area (Å²) < 4.78 is 1.51. The molecule has 154 valence electrons. The number of anilines is 1. The van der Waals surface area contributed by atoms with Crippen LogP contribution in [0.3, 0.4) is 0 Å². The van der Waals surface area contributed by atoms with Crippen LogP contribution in [0.1, 0.15) is 50.9 Å². The molecular weight excluding hydrogens is 396 g/mol. The van der Waals surface area contributed by atoms with Gasteiger partial charge in [0.25, 0.3) is 11.8 Å². The second kappa shape index (κ2) is 8.30. The number of hydrogen-bond acceptors (Lipinski definition) is 6. The number of imide groups is 1. The highest BCUT2D eigenvalue weighted by molar-refractivity contribution is 6.22. The van der Waals surface area contributed by atoms with Gasteiger partial charge < -0.3 is 5.32 Å². The van der Waals surface area contributed by atoms with Crippen LogP contribution >= 0.6 is 12.4 Å². The molecule has 9 nitrogen and oxygen atoms in total. The van der Waals surface area contributed by atoms with Gasteiger partial charge in [0.2, 0.25) is 11.9 Å². The molecule has 29 heavy (non-hydrogen) atoms. The second-order valence-electron chi connectivity index (χ2n) is 7.24. The van der Waals surface area contributed by atoms with Crippen LogP contribution in [0.25, 0.3) is 0 Å². The number of aryl methyl sites for hydroxylation is 2. The highest BCUT2D eigenvalue weighted by Crippen LogP contribution is 2.25. The quantitative estimate of drug-likeness (QED) is 0.723. The number of benzene rings is 1. The number of carbonyl (C=O) groups is 3. The average Bonchev–Trinajstić information content (AvgIpc) is 3.15. The van der Waals surface area contributed by atoms with Gasteiger partial charge in [0.1, 0.15) is 6.54 Å². The van der Waals surface area contributed by atoms with Crippen molar-refractivity contribution in [1.82, 2.24) is 25.0 Å². The highest BCUT2D eigenvalue weighted by Gasteiger charge is 2.36. The first kappa shape index (κ1) is 20.9. The lowest BCUT2D eigenvalue weighted by atomic mass is 9.98. The molecular formula is C19H23ClN6O3. The number of carbonyl (C=O) groups excluding carboxylic acids is 3. The summed E-state index contributed by atoms with van der Waals surface area (Å²) in [7, 11) is 1.71. The molecule has 0 saturated carbocycles. The average molecular weight is 419 g/mol. The van der Waals surface area contributed by atoms with Crippen molar-refractivity contribution in [1.29, 1.82) is 0 Å². The van der Waals surface area contributed by atoms with Gasteiger partial charge in [0.05, 0.1) is 11.1 Å². The number of nitrogens with zero attached hydrogens (tertiary/aromatic N) is 4. The zero-order valence-electron chi connectivity index (χ0n) is 16.3. The molecule has 1 aromatic heterocycles. The number of fused-ring (bicyclic) bond motifs is 1. The standard InChI is InChI=1S/C19H22N6O3.ClH/c1-11-3-4-13-14(9-11)18(28)25(17(13)27)10-15(26)21-19-22-16(23-24(19)2)12-5-7-20-8-6-12;/h3-4,9,12,20H,5-8,10H2,1-2H3,(H,21,22,23,26);1H. The monoisotopic (exact) mass is 418 g/mol. The molecule has 1 fully saturated rings. The minimum atomic E-state index is -0.487. The Bertz CT molecular complexity index is 967. The van der Waals surface area contributed by atoms with E-state index in [9.17, 15) is 14.4 Å². The largest absolute Gasteiger partial charge is 0.317 e. The van der Waals surface area contributed by atoms with Gasteiger partial charge >= 0.3 is 0 Å². The van der Waals surface area contributed by atoms with Gasteiger partial charge in [-0.1, -0.05) is 11.6 Å². The lowest BCUT2D eigenvalue weighted by Gasteiger charge is -2.19. The molecule has 0 radical (unpaired) electrons. The normalized spacial score (nSPS) is 16.6. The Labute approximate surface area is 174 Å². The molecule has 2 aliphatic heterocycles. The Kier molecular flexibility index (Phi) is 5.99.